The molecule has 0 aromatic heterocycles. The van der Waals surface area contributed by atoms with Crippen LogP contribution in [0.4, 0.5) is 0 Å². The van der Waals surface area contributed by atoms with Crippen LogP contribution in [0.3, 0.4) is 0 Å². The maximum atomic E-state index is 12.8. The smallest absolute Gasteiger partial charge is 0.138 e. The van der Waals surface area contributed by atoms with Crippen LogP contribution in [0.25, 0.3) is 0 Å². The van der Waals surface area contributed by atoms with Gasteiger partial charge in [0.05, 0.1) is 0 Å². The minimum atomic E-state index is -0.158. The molecule has 0 radical (unpaired) electrons. The number of hydrogen-bond donors (Lipinski definition) is 0. The van der Waals surface area contributed by atoms with Crippen molar-refractivity contribution in [3.05, 3.63) is 11.6 Å². The van der Waals surface area contributed by atoms with Gasteiger partial charge in [0.15, 0.2) is 0 Å². The average Bonchev–Trinajstić information content (AvgIpc) is 2.68. The minimum absolute atomic E-state index is 0.158. The molecule has 4 fully saturated rings. The number of allylic oxidation sites excluding steroid dienone is 2. The van der Waals surface area contributed by atoms with Gasteiger partial charge in [0.1, 0.15) is 5.78 Å². The average molecular weight is 425 g/mol. The predicted octanol–water partition coefficient (Wildman–Crippen LogP) is 8.38. The normalized spacial score (nSPS) is 52.8. The van der Waals surface area contributed by atoms with Crippen LogP contribution in [-0.4, -0.2) is 5.78 Å². The van der Waals surface area contributed by atoms with Gasteiger partial charge in [0, 0.05) is 11.8 Å². The Morgan fingerprint density at radius 1 is 0.774 bits per heavy atom. The van der Waals surface area contributed by atoms with Crippen LogP contribution in [0.5, 0.6) is 0 Å². The molecule has 0 bridgehead atoms. The molecule has 31 heavy (non-hydrogen) atoms. The highest BCUT2D eigenvalue weighted by Crippen LogP contribution is 2.76. The fraction of sp³-hybridized carbons (Fsp3) is 0.900. The first-order valence-electron chi connectivity index (χ1n) is 13.5. The Bertz CT molecular complexity index is 831. The summed E-state index contributed by atoms with van der Waals surface area (Å²) in [5.41, 5.74) is 3.68. The van der Waals surface area contributed by atoms with Gasteiger partial charge in [-0.3, -0.25) is 4.79 Å². The fourth-order valence-electron chi connectivity index (χ4n) is 10.6. The van der Waals surface area contributed by atoms with Crippen molar-refractivity contribution in [3.8, 4) is 0 Å². The zero-order valence-corrected chi connectivity index (χ0v) is 21.8. The van der Waals surface area contributed by atoms with Crippen LogP contribution in [-0.2, 0) is 4.79 Å². The lowest BCUT2D eigenvalue weighted by Gasteiger charge is -2.72. The van der Waals surface area contributed by atoms with E-state index in [0.717, 1.165) is 25.2 Å². The first-order valence-corrected chi connectivity index (χ1v) is 13.5. The van der Waals surface area contributed by atoms with Gasteiger partial charge in [0.25, 0.3) is 0 Å². The van der Waals surface area contributed by atoms with Crippen LogP contribution in [0.15, 0.2) is 11.6 Å². The molecule has 7 atom stereocenters. The summed E-state index contributed by atoms with van der Waals surface area (Å²) in [7, 11) is 0. The highest BCUT2D eigenvalue weighted by molar-refractivity contribution is 5.85. The molecule has 0 aliphatic heterocycles. The molecule has 5 aliphatic rings. The zero-order chi connectivity index (χ0) is 22.7. The molecular weight excluding hydrogens is 376 g/mol. The molecule has 0 heterocycles. The molecule has 0 unspecified atom stereocenters. The molecule has 0 N–H and O–H groups in total. The van der Waals surface area contributed by atoms with Crippen LogP contribution < -0.4 is 0 Å². The van der Waals surface area contributed by atoms with E-state index in [1.165, 1.54) is 44.9 Å². The highest BCUT2D eigenvalue weighted by Gasteiger charge is 2.68. The second-order valence-electron chi connectivity index (χ2n) is 14.7. The van der Waals surface area contributed by atoms with E-state index in [2.05, 4.69) is 61.5 Å². The molecule has 1 heteroatoms. The molecule has 0 spiro atoms. The van der Waals surface area contributed by atoms with Crippen LogP contribution >= 0.6 is 0 Å². The maximum Gasteiger partial charge on any atom is 0.138 e. The third-order valence-corrected chi connectivity index (χ3v) is 13.4. The lowest BCUT2D eigenvalue weighted by molar-refractivity contribution is -0.192. The number of fused-ring (bicyclic) bond motifs is 7. The second kappa shape index (κ2) is 6.29. The number of carbonyl (C=O) groups excluding carboxylic acids is 1. The molecule has 0 saturated heterocycles. The van der Waals surface area contributed by atoms with Crippen LogP contribution in [0.2, 0.25) is 0 Å². The lowest BCUT2D eigenvalue weighted by Crippen LogP contribution is -2.64. The molecule has 174 valence electrons. The van der Waals surface area contributed by atoms with Gasteiger partial charge in [-0.25, -0.2) is 0 Å². The quantitative estimate of drug-likeness (QED) is 0.357. The Kier molecular flexibility index (Phi) is 4.51. The summed E-state index contributed by atoms with van der Waals surface area (Å²) in [6.45, 7) is 20.3. The fourth-order valence-corrected chi connectivity index (χ4v) is 10.6. The third kappa shape index (κ3) is 2.48. The summed E-state index contributed by atoms with van der Waals surface area (Å²) in [4.78, 5) is 12.8. The van der Waals surface area contributed by atoms with Gasteiger partial charge in [0.2, 0.25) is 0 Å². The van der Waals surface area contributed by atoms with Crippen molar-refractivity contribution in [2.24, 2.45) is 50.2 Å². The Hall–Kier alpha value is -0.590. The highest BCUT2D eigenvalue weighted by atomic mass is 16.1. The van der Waals surface area contributed by atoms with E-state index in [-0.39, 0.29) is 5.41 Å². The third-order valence-electron chi connectivity index (χ3n) is 13.4. The molecular formula is C30H48O. The monoisotopic (exact) mass is 424 g/mol. The molecule has 1 nitrogen and oxygen atoms in total. The Morgan fingerprint density at radius 3 is 2.19 bits per heavy atom. The number of Topliss-reactive ketones (excluding diaryl/α,β-unsaturated/α-hetero) is 1. The summed E-state index contributed by atoms with van der Waals surface area (Å²) in [5, 5.41) is 0. The Balaban J connectivity index is 1.58. The van der Waals surface area contributed by atoms with E-state index < -0.39 is 0 Å². The zero-order valence-electron chi connectivity index (χ0n) is 21.8. The molecule has 0 aromatic rings. The second-order valence-corrected chi connectivity index (χ2v) is 14.7. The molecule has 4 saturated carbocycles. The van der Waals surface area contributed by atoms with Gasteiger partial charge in [-0.1, -0.05) is 73.5 Å². The summed E-state index contributed by atoms with van der Waals surface area (Å²) < 4.78 is 0. The first-order chi connectivity index (χ1) is 14.2. The summed E-state index contributed by atoms with van der Waals surface area (Å²) in [6.07, 6.45) is 15.5. The number of carbonyl (C=O) groups is 1. The van der Waals surface area contributed by atoms with E-state index in [4.69, 9.17) is 0 Å². The van der Waals surface area contributed by atoms with E-state index in [9.17, 15) is 4.79 Å². The molecule has 0 aromatic carbocycles. The maximum absolute atomic E-state index is 12.8. The first kappa shape index (κ1) is 22.2. The standard InChI is InChI=1S/C30H48O/c1-25(2)15-9-10-23-29(25,7)19-18-28(6)21-11-12-22-26(3,4)24(31)14-16-27(22,5)20(21)13-17-30(23,28)8/h11,20,22-23H,9-10,12-19H2,1-8H3/t20-,22-,23-,27+,28+,29-,30-/m0/s1. The number of ketones is 1. The molecule has 5 rings (SSSR count). The number of rotatable bonds is 0. The van der Waals surface area contributed by atoms with Gasteiger partial charge < -0.3 is 0 Å². The summed E-state index contributed by atoms with van der Waals surface area (Å²) in [5.74, 6) is 2.57. The predicted molar refractivity (Wildman–Crippen MR) is 130 cm³/mol. The molecule has 0 amide bonds. The minimum Gasteiger partial charge on any atom is -0.299 e. The SMILES string of the molecule is CC1(C)C(=O)CC[C@]2(C)[C@H]3CC[C@@]4(C)[C@H]5CCCC(C)(C)[C@@]5(C)CC[C@]4(C)C3=CC[C@@H]12. The van der Waals surface area contributed by atoms with Crippen molar-refractivity contribution in [1.82, 2.24) is 0 Å². The summed E-state index contributed by atoms with van der Waals surface area (Å²) in [6, 6.07) is 0. The van der Waals surface area contributed by atoms with Crippen molar-refractivity contribution < 1.29 is 4.79 Å². The van der Waals surface area contributed by atoms with E-state index in [1.54, 1.807) is 0 Å². The van der Waals surface area contributed by atoms with E-state index in [1.807, 2.05) is 5.57 Å². The van der Waals surface area contributed by atoms with Crippen molar-refractivity contribution in [1.29, 1.82) is 0 Å². The van der Waals surface area contributed by atoms with Gasteiger partial charge in [-0.2, -0.15) is 0 Å². The topological polar surface area (TPSA) is 17.1 Å². The van der Waals surface area contributed by atoms with E-state index in [0.29, 0.717) is 44.7 Å². The van der Waals surface area contributed by atoms with Crippen LogP contribution in [0.1, 0.15) is 120 Å². The number of hydrogen-bond acceptors (Lipinski definition) is 1. The Labute approximate surface area is 192 Å². The van der Waals surface area contributed by atoms with Gasteiger partial charge in [-0.15, -0.1) is 0 Å². The summed E-state index contributed by atoms with van der Waals surface area (Å²) >= 11 is 0. The van der Waals surface area contributed by atoms with Gasteiger partial charge >= 0.3 is 0 Å². The van der Waals surface area contributed by atoms with Crippen molar-refractivity contribution in [3.63, 3.8) is 0 Å². The van der Waals surface area contributed by atoms with Crippen molar-refractivity contribution >= 4 is 5.78 Å². The Morgan fingerprint density at radius 2 is 1.48 bits per heavy atom. The van der Waals surface area contributed by atoms with Gasteiger partial charge in [-0.05, 0) is 96.2 Å². The van der Waals surface area contributed by atoms with Crippen molar-refractivity contribution in [2.75, 3.05) is 0 Å². The lowest BCUT2D eigenvalue weighted by atomic mass is 9.32. The van der Waals surface area contributed by atoms with E-state index >= 15 is 0 Å². The molecule has 5 aliphatic carbocycles. The largest absolute Gasteiger partial charge is 0.299 e. The van der Waals surface area contributed by atoms with Crippen molar-refractivity contribution in [2.45, 2.75) is 120 Å². The van der Waals surface area contributed by atoms with Crippen LogP contribution in [0, 0.1) is 50.2 Å².